The van der Waals surface area contributed by atoms with E-state index < -0.39 is 23.1 Å². The van der Waals surface area contributed by atoms with Gasteiger partial charge in [0.1, 0.15) is 0 Å². The number of imide groups is 1. The third kappa shape index (κ3) is 5.33. The van der Waals surface area contributed by atoms with Gasteiger partial charge in [0.25, 0.3) is 5.24 Å². The van der Waals surface area contributed by atoms with Crippen molar-refractivity contribution < 1.29 is 19.1 Å². The molecule has 0 spiro atoms. The van der Waals surface area contributed by atoms with Crippen LogP contribution in [0.5, 0.6) is 0 Å². The number of urea groups is 1. The van der Waals surface area contributed by atoms with Gasteiger partial charge in [-0.25, -0.2) is 9.69 Å². The summed E-state index contributed by atoms with van der Waals surface area (Å²) in [5.74, 6) is -0.328. The third-order valence-electron chi connectivity index (χ3n) is 7.23. The number of β-lactam (4-membered cyclic amide) rings is 1. The maximum absolute atomic E-state index is 13.1. The van der Waals surface area contributed by atoms with Crippen LogP contribution in [0, 0.1) is 12.3 Å². The van der Waals surface area contributed by atoms with Gasteiger partial charge in [-0.3, -0.25) is 9.59 Å². The van der Waals surface area contributed by atoms with E-state index >= 15 is 0 Å². The van der Waals surface area contributed by atoms with Gasteiger partial charge in [0.15, 0.2) is 11.8 Å². The van der Waals surface area contributed by atoms with Gasteiger partial charge in [0.05, 0.1) is 12.5 Å². The van der Waals surface area contributed by atoms with Crippen LogP contribution in [0.1, 0.15) is 82.9 Å². The zero-order chi connectivity index (χ0) is 24.2. The zero-order valence-corrected chi connectivity index (χ0v) is 20.8. The van der Waals surface area contributed by atoms with Gasteiger partial charge in [0.2, 0.25) is 5.91 Å². The lowest BCUT2D eigenvalue weighted by Gasteiger charge is -2.47. The van der Waals surface area contributed by atoms with Crippen LogP contribution < -0.4 is 5.32 Å². The summed E-state index contributed by atoms with van der Waals surface area (Å²) in [5.41, 5.74) is 0.686. The smallest absolute Gasteiger partial charge is 0.326 e. The molecular formula is C26H35ClN2O4. The van der Waals surface area contributed by atoms with Crippen LogP contribution in [0.25, 0.3) is 0 Å². The Labute approximate surface area is 201 Å². The molecule has 7 heteroatoms. The van der Waals surface area contributed by atoms with Crippen molar-refractivity contribution in [2.45, 2.75) is 90.5 Å². The standard InChI is InChI=1S/C26H35ClN2O4/c1-5-9-20(19-12-10-18(4)11-13-19)28-24(32)29-21(30)16-22(29)33-26(23(27)31)15-8-14-25(6-2,7-3)17-26/h8,10-13,15,20,22H,5-7,9,14,16-17H2,1-4H3,(H,28,32). The van der Waals surface area contributed by atoms with E-state index in [0.29, 0.717) is 6.42 Å². The lowest BCUT2D eigenvalue weighted by Crippen LogP contribution is -2.63. The highest BCUT2D eigenvalue weighted by Crippen LogP contribution is 2.46. The number of hydrogen-bond donors (Lipinski definition) is 1. The average Bonchev–Trinajstić information content (AvgIpc) is 2.78. The van der Waals surface area contributed by atoms with E-state index in [-0.39, 0.29) is 23.8 Å². The van der Waals surface area contributed by atoms with Crippen molar-refractivity contribution in [3.05, 3.63) is 47.5 Å². The minimum absolute atomic E-state index is 0.0431. The van der Waals surface area contributed by atoms with Crippen molar-refractivity contribution >= 4 is 28.8 Å². The molecule has 1 N–H and O–H groups in total. The van der Waals surface area contributed by atoms with Gasteiger partial charge < -0.3 is 10.1 Å². The number of hydrogen-bond acceptors (Lipinski definition) is 4. The van der Waals surface area contributed by atoms with Crippen molar-refractivity contribution in [1.82, 2.24) is 10.2 Å². The summed E-state index contributed by atoms with van der Waals surface area (Å²) in [6, 6.07) is 7.26. The molecule has 6 nitrogen and oxygen atoms in total. The fourth-order valence-corrected chi connectivity index (χ4v) is 5.01. The minimum atomic E-state index is -1.34. The summed E-state index contributed by atoms with van der Waals surface area (Å²) in [4.78, 5) is 39.1. The Kier molecular flexibility index (Phi) is 8.01. The number of carbonyl (C=O) groups is 3. The van der Waals surface area contributed by atoms with E-state index in [4.69, 9.17) is 16.3 Å². The molecule has 180 valence electrons. The summed E-state index contributed by atoms with van der Waals surface area (Å²) < 4.78 is 6.18. The monoisotopic (exact) mass is 474 g/mol. The molecule has 3 amide bonds. The summed E-state index contributed by atoms with van der Waals surface area (Å²) in [7, 11) is 0. The van der Waals surface area contributed by atoms with Crippen LogP contribution in [0.4, 0.5) is 4.79 Å². The molecule has 1 saturated heterocycles. The molecule has 0 saturated carbocycles. The van der Waals surface area contributed by atoms with Crippen molar-refractivity contribution in [1.29, 1.82) is 0 Å². The molecule has 2 aliphatic rings. The Morgan fingerprint density at radius 3 is 2.42 bits per heavy atom. The molecule has 3 rings (SSSR count). The number of halogens is 1. The maximum Gasteiger partial charge on any atom is 0.326 e. The van der Waals surface area contributed by atoms with Crippen LogP contribution in [0.15, 0.2) is 36.4 Å². The number of allylic oxidation sites excluding steroid dienone is 1. The number of likely N-dealkylation sites (tertiary alicyclic amines) is 1. The quantitative estimate of drug-likeness (QED) is 0.279. The van der Waals surface area contributed by atoms with Gasteiger partial charge >= 0.3 is 6.03 Å². The molecule has 1 aromatic carbocycles. The molecule has 1 fully saturated rings. The van der Waals surface area contributed by atoms with Gasteiger partial charge in [0, 0.05) is 0 Å². The SMILES string of the molecule is CCCC(NC(=O)N1C(=O)CC1OC1(C(=O)Cl)C=CCC(CC)(CC)C1)c1ccc(C)cc1. The number of benzene rings is 1. The number of rotatable bonds is 9. The molecule has 1 aliphatic carbocycles. The predicted octanol–water partition coefficient (Wildman–Crippen LogP) is 5.78. The molecule has 0 bridgehead atoms. The van der Waals surface area contributed by atoms with Crippen LogP contribution >= 0.6 is 11.6 Å². The number of nitrogens with one attached hydrogen (secondary N) is 1. The van der Waals surface area contributed by atoms with Crippen LogP contribution in [0.2, 0.25) is 0 Å². The third-order valence-corrected chi connectivity index (χ3v) is 7.55. The normalized spacial score (nSPS) is 24.8. The molecule has 33 heavy (non-hydrogen) atoms. The first kappa shape index (κ1) is 25.4. The molecule has 1 heterocycles. The molecule has 3 atom stereocenters. The van der Waals surface area contributed by atoms with E-state index in [1.54, 1.807) is 6.08 Å². The van der Waals surface area contributed by atoms with E-state index in [2.05, 4.69) is 19.2 Å². The molecule has 3 unspecified atom stereocenters. The summed E-state index contributed by atoms with van der Waals surface area (Å²) in [6.07, 6.45) is 7.52. The topological polar surface area (TPSA) is 75.7 Å². The molecule has 0 aromatic heterocycles. The van der Waals surface area contributed by atoms with E-state index in [1.807, 2.05) is 44.2 Å². The van der Waals surface area contributed by atoms with Gasteiger partial charge in [-0.15, -0.1) is 0 Å². The second-order valence-electron chi connectivity index (χ2n) is 9.40. The van der Waals surface area contributed by atoms with Gasteiger partial charge in [-0.05, 0) is 54.8 Å². The van der Waals surface area contributed by atoms with Crippen molar-refractivity contribution in [3.63, 3.8) is 0 Å². The van der Waals surface area contributed by atoms with Crippen LogP contribution in [-0.4, -0.2) is 33.9 Å². The molecular weight excluding hydrogens is 440 g/mol. The minimum Gasteiger partial charge on any atom is -0.337 e. The Bertz CT molecular complexity index is 909. The highest BCUT2D eigenvalue weighted by atomic mass is 35.5. The lowest BCUT2D eigenvalue weighted by molar-refractivity contribution is -0.191. The highest BCUT2D eigenvalue weighted by molar-refractivity contribution is 6.65. The first-order chi connectivity index (χ1) is 15.7. The molecule has 0 radical (unpaired) electrons. The van der Waals surface area contributed by atoms with Crippen LogP contribution in [0.3, 0.4) is 0 Å². The van der Waals surface area contributed by atoms with Gasteiger partial charge in [-0.1, -0.05) is 75.9 Å². The summed E-state index contributed by atoms with van der Waals surface area (Å²) in [6.45, 7) is 8.25. The van der Waals surface area contributed by atoms with E-state index in [0.717, 1.165) is 48.1 Å². The van der Waals surface area contributed by atoms with Crippen molar-refractivity contribution in [2.24, 2.45) is 5.41 Å². The van der Waals surface area contributed by atoms with E-state index in [1.165, 1.54) is 0 Å². The van der Waals surface area contributed by atoms with Crippen LogP contribution in [-0.2, 0) is 14.3 Å². The molecule has 1 aromatic rings. The number of nitrogens with zero attached hydrogens (tertiary/aromatic N) is 1. The largest absolute Gasteiger partial charge is 0.337 e. The Balaban J connectivity index is 1.77. The van der Waals surface area contributed by atoms with E-state index in [9.17, 15) is 14.4 Å². The number of amides is 3. The highest BCUT2D eigenvalue weighted by Gasteiger charge is 2.52. The average molecular weight is 475 g/mol. The van der Waals surface area contributed by atoms with Crippen molar-refractivity contribution in [2.75, 3.05) is 0 Å². The number of aryl methyl sites for hydroxylation is 1. The maximum atomic E-state index is 13.1. The summed E-state index contributed by atoms with van der Waals surface area (Å²) >= 11 is 6.04. The lowest BCUT2D eigenvalue weighted by atomic mass is 9.68. The Morgan fingerprint density at radius 1 is 1.21 bits per heavy atom. The Morgan fingerprint density at radius 2 is 1.88 bits per heavy atom. The second-order valence-corrected chi connectivity index (χ2v) is 9.74. The van der Waals surface area contributed by atoms with Crippen molar-refractivity contribution in [3.8, 4) is 0 Å². The zero-order valence-electron chi connectivity index (χ0n) is 20.0. The Hall–Kier alpha value is -2.18. The first-order valence-corrected chi connectivity index (χ1v) is 12.3. The number of carbonyl (C=O) groups excluding carboxylic acids is 3. The second kappa shape index (κ2) is 10.4. The predicted molar refractivity (Wildman–Crippen MR) is 129 cm³/mol. The fraction of sp³-hybridized carbons (Fsp3) is 0.577. The fourth-order valence-electron chi connectivity index (χ4n) is 4.83. The summed E-state index contributed by atoms with van der Waals surface area (Å²) in [5, 5.41) is 2.37. The molecule has 1 aliphatic heterocycles. The first-order valence-electron chi connectivity index (χ1n) is 11.9. The van der Waals surface area contributed by atoms with Gasteiger partial charge in [-0.2, -0.15) is 0 Å². The number of ether oxygens (including phenoxy) is 1.